The normalized spacial score (nSPS) is 10.4. The van der Waals surface area contributed by atoms with Crippen LogP contribution >= 0.6 is 0 Å². The van der Waals surface area contributed by atoms with Gasteiger partial charge in [0.2, 0.25) is 0 Å². The van der Waals surface area contributed by atoms with Crippen molar-refractivity contribution in [3.05, 3.63) is 357 Å². The van der Waals surface area contributed by atoms with Gasteiger partial charge in [-0.1, -0.05) is 415 Å². The van der Waals surface area contributed by atoms with E-state index in [4.69, 9.17) is 59.8 Å². The Morgan fingerprint density at radius 3 is 0.492 bits per heavy atom. The second-order valence-electron chi connectivity index (χ2n) is 29.8. The van der Waals surface area contributed by atoms with Crippen LogP contribution in [0.15, 0.2) is 279 Å². The summed E-state index contributed by atoms with van der Waals surface area (Å²) in [5, 5.41) is 0. The van der Waals surface area contributed by atoms with E-state index in [1.165, 1.54) is 77.9 Å². The Hall–Kier alpha value is -13.3. The zero-order valence-corrected chi connectivity index (χ0v) is 67.9. The molecule has 12 nitrogen and oxygen atoms in total. The molecule has 0 radical (unpaired) electrons. The summed E-state index contributed by atoms with van der Waals surface area (Å²) < 4.78 is 0. The Morgan fingerprint density at radius 1 is 0.189 bits per heavy atom. The summed E-state index contributed by atoms with van der Waals surface area (Å²) in [4.78, 5) is 57.6. The molecular formula is C110H128N12. The van der Waals surface area contributed by atoms with Gasteiger partial charge >= 0.3 is 0 Å². The minimum atomic E-state index is 0. The third-order valence-electron chi connectivity index (χ3n) is 20.2. The molecule has 16 aromatic rings. The van der Waals surface area contributed by atoms with Gasteiger partial charge in [0.15, 0.2) is 69.9 Å². The van der Waals surface area contributed by atoms with Crippen LogP contribution in [0.1, 0.15) is 170 Å². The number of aromatic nitrogens is 12. The van der Waals surface area contributed by atoms with Crippen LogP contribution in [-0.4, -0.2) is 59.8 Å². The maximum atomic E-state index is 4.88. The van der Waals surface area contributed by atoms with Gasteiger partial charge in [-0.15, -0.1) is 0 Å². The monoisotopic (exact) mass is 1620 g/mol. The van der Waals surface area contributed by atoms with Crippen LogP contribution in [0.3, 0.4) is 0 Å². The second kappa shape index (κ2) is 45.7. The molecular weight excluding hydrogens is 1490 g/mol. The van der Waals surface area contributed by atoms with Crippen molar-refractivity contribution in [1.29, 1.82) is 0 Å². The van der Waals surface area contributed by atoms with Gasteiger partial charge in [-0.05, 0) is 124 Å². The van der Waals surface area contributed by atoms with Crippen LogP contribution in [0.2, 0.25) is 0 Å². The van der Waals surface area contributed by atoms with Gasteiger partial charge in [0, 0.05) is 66.8 Å². The quantitative estimate of drug-likeness (QED) is 0.0959. The molecule has 16 rings (SSSR count). The predicted octanol–water partition coefficient (Wildman–Crippen LogP) is 30.4. The average molecular weight is 1620 g/mol. The minimum Gasteiger partial charge on any atom is -0.208 e. The van der Waals surface area contributed by atoms with E-state index in [-0.39, 0.29) is 59.4 Å². The molecule has 122 heavy (non-hydrogen) atoms. The van der Waals surface area contributed by atoms with Gasteiger partial charge in [0.1, 0.15) is 0 Å². The van der Waals surface area contributed by atoms with Crippen molar-refractivity contribution in [3.63, 3.8) is 0 Å². The summed E-state index contributed by atoms with van der Waals surface area (Å²) in [7, 11) is 0. The summed E-state index contributed by atoms with van der Waals surface area (Å²) in [6.07, 6.45) is 2.14. The lowest BCUT2D eigenvalue weighted by Gasteiger charge is -2.13. The van der Waals surface area contributed by atoms with E-state index in [1.807, 2.05) is 0 Å². The Kier molecular flexibility index (Phi) is 37.2. The second-order valence-corrected chi connectivity index (χ2v) is 29.8. The molecule has 628 valence electrons. The third-order valence-corrected chi connectivity index (χ3v) is 20.2. The first-order chi connectivity index (χ1) is 55.1. The highest BCUT2D eigenvalue weighted by atomic mass is 15.1. The zero-order chi connectivity index (χ0) is 79.9. The average Bonchev–Trinajstić information content (AvgIpc) is 0.795. The van der Waals surface area contributed by atoms with Crippen LogP contribution in [0.25, 0.3) is 137 Å². The summed E-state index contributed by atoms with van der Waals surface area (Å²) in [5.41, 5.74) is 29.2. The lowest BCUT2D eigenvalue weighted by atomic mass is 9.97. The van der Waals surface area contributed by atoms with Crippen molar-refractivity contribution >= 4 is 0 Å². The number of benzene rings is 12. The van der Waals surface area contributed by atoms with E-state index in [9.17, 15) is 0 Å². The Bertz CT molecular complexity index is 5560. The van der Waals surface area contributed by atoms with Gasteiger partial charge in [0.25, 0.3) is 0 Å². The number of hydrogen-bond acceptors (Lipinski definition) is 12. The van der Waals surface area contributed by atoms with Crippen LogP contribution in [0.5, 0.6) is 0 Å². The molecule has 1 atom stereocenters. The van der Waals surface area contributed by atoms with Gasteiger partial charge in [0.05, 0.1) is 0 Å². The molecule has 4 heterocycles. The van der Waals surface area contributed by atoms with E-state index in [0.717, 1.165) is 85.4 Å². The van der Waals surface area contributed by atoms with Crippen molar-refractivity contribution in [2.45, 2.75) is 182 Å². The minimum absolute atomic E-state index is 0. The van der Waals surface area contributed by atoms with Crippen LogP contribution in [-0.2, 0) is 6.42 Å². The van der Waals surface area contributed by atoms with E-state index in [0.29, 0.717) is 70.0 Å². The molecule has 1 unspecified atom stereocenters. The summed E-state index contributed by atoms with van der Waals surface area (Å²) in [6.45, 7) is 31.7. The summed E-state index contributed by atoms with van der Waals surface area (Å²) in [5.74, 6) is 8.92. The van der Waals surface area contributed by atoms with Gasteiger partial charge in [-0.3, -0.25) is 0 Å². The molecule has 0 aliphatic carbocycles. The van der Waals surface area contributed by atoms with E-state index in [1.54, 1.807) is 0 Å². The summed E-state index contributed by atoms with van der Waals surface area (Å²) >= 11 is 0. The van der Waals surface area contributed by atoms with Crippen LogP contribution < -0.4 is 0 Å². The van der Waals surface area contributed by atoms with E-state index >= 15 is 0 Å². The zero-order valence-electron chi connectivity index (χ0n) is 67.9. The maximum absolute atomic E-state index is 4.88. The lowest BCUT2D eigenvalue weighted by molar-refractivity contribution is 0.734. The molecule has 12 aromatic carbocycles. The third kappa shape index (κ3) is 25.4. The lowest BCUT2D eigenvalue weighted by Crippen LogP contribution is -2.02. The molecule has 0 spiro atoms. The molecule has 0 aliphatic heterocycles. The van der Waals surface area contributed by atoms with Crippen molar-refractivity contribution in [2.24, 2.45) is 0 Å². The fourth-order valence-electron chi connectivity index (χ4n) is 13.0. The molecule has 12 heteroatoms. The fourth-order valence-corrected chi connectivity index (χ4v) is 13.0. The van der Waals surface area contributed by atoms with E-state index in [2.05, 4.69) is 383 Å². The first-order valence-electron chi connectivity index (χ1n) is 39.1. The van der Waals surface area contributed by atoms with Crippen LogP contribution in [0, 0.1) is 83.1 Å². The van der Waals surface area contributed by atoms with Crippen molar-refractivity contribution in [1.82, 2.24) is 59.8 Å². The molecule has 0 saturated heterocycles. The number of aryl methyl sites for hydroxylation is 13. The molecule has 0 amide bonds. The Morgan fingerprint density at radius 2 is 0.336 bits per heavy atom. The molecule has 4 aromatic heterocycles. The Balaban J connectivity index is 0.000000283. The van der Waals surface area contributed by atoms with Gasteiger partial charge in [-0.25, -0.2) is 59.8 Å². The van der Waals surface area contributed by atoms with Crippen molar-refractivity contribution in [3.8, 4) is 137 Å². The molecule has 0 saturated carbocycles. The number of hydrogen-bond donors (Lipinski definition) is 0. The summed E-state index contributed by atoms with van der Waals surface area (Å²) in [6, 6.07) is 96.1. The highest BCUT2D eigenvalue weighted by Gasteiger charge is 2.20. The van der Waals surface area contributed by atoms with Gasteiger partial charge < -0.3 is 0 Å². The molecule has 0 aliphatic rings. The topological polar surface area (TPSA) is 155 Å². The SMILES string of the molecule is C.C.C.C.C.C.C.C.CCC(C)c1ccc(-c2nc(-c3ccc(C)cc3)nc(-c3ccc(C)cc3)n2)cc1.CCc1ccc(-c2nc(-c3ccc(C)cc3)nc(-c3ccc(C)cc3)n2)cc1.Cc1ccc(-c2nc(-c3ccc(C)cc3)nc(-c3c(C)cc(C)cc3C)n2)cc1.Cc1ccc(-c2nc(-c3ccc(C)cc3)nc(-c3ccc(C)cc3)n2)cc1. The highest BCUT2D eigenvalue weighted by Crippen LogP contribution is 2.34. The Labute approximate surface area is 730 Å². The molecule has 0 N–H and O–H groups in total. The molecule has 0 bridgehead atoms. The van der Waals surface area contributed by atoms with Crippen molar-refractivity contribution < 1.29 is 0 Å². The highest BCUT2D eigenvalue weighted by molar-refractivity contribution is 5.74. The number of nitrogens with zero attached hydrogens (tertiary/aromatic N) is 12. The fraction of sp³-hybridized carbons (Fsp3) is 0.236. The smallest absolute Gasteiger partial charge is 0.164 e. The van der Waals surface area contributed by atoms with Crippen molar-refractivity contribution in [2.75, 3.05) is 0 Å². The first kappa shape index (κ1) is 99.2. The van der Waals surface area contributed by atoms with Crippen LogP contribution in [0.4, 0.5) is 0 Å². The molecule has 0 fully saturated rings. The first-order valence-corrected chi connectivity index (χ1v) is 39.1. The predicted molar refractivity (Wildman–Crippen MR) is 523 cm³/mol. The van der Waals surface area contributed by atoms with E-state index < -0.39 is 0 Å². The largest absolute Gasteiger partial charge is 0.208 e. The number of rotatable bonds is 15. The maximum Gasteiger partial charge on any atom is 0.164 e. The van der Waals surface area contributed by atoms with Gasteiger partial charge in [-0.2, -0.15) is 0 Å². The standard InChI is InChI=1S/C27H27N3.C26H25N3.C25H23N3.C24H21N3.8CH4/c1-5-20(4)21-14-16-24(17-15-21)27-29-25(22-10-6-18(2)7-11-22)28-26(30-27)23-12-8-19(3)9-13-23;1-16-6-10-21(11-7-16)24-27-25(22-12-8-17(2)9-13-22)29-26(28-24)23-19(4)14-18(3)15-20(23)5;1-4-19-9-15-22(16-10-19)25-27-23(20-11-5-17(2)6-12-20)26-24(28-25)21-13-7-18(3)8-14-21;1-16-4-10-19(11-5-16)22-25-23(20-12-6-17(2)7-13-20)27-24(26-22)21-14-8-18(3)9-15-21;;;;;;;;/h6-17,20H,5H2,1-4H3;6-15H,1-5H3;5-16H,4H2,1-3H3;4-15H,1-3H3;8*1H4.